The van der Waals surface area contributed by atoms with Crippen LogP contribution in [0.2, 0.25) is 0 Å². The summed E-state index contributed by atoms with van der Waals surface area (Å²) < 4.78 is 4.72. The predicted molar refractivity (Wildman–Crippen MR) is 61.1 cm³/mol. The first kappa shape index (κ1) is 9.93. The van der Waals surface area contributed by atoms with Crippen LogP contribution in [-0.4, -0.2) is 13.1 Å². The zero-order valence-electron chi connectivity index (χ0n) is 8.27. The van der Waals surface area contributed by atoms with Gasteiger partial charge >= 0.3 is 5.97 Å². The van der Waals surface area contributed by atoms with E-state index in [1.807, 2.05) is 41.1 Å². The molecule has 0 radical (unpaired) electrons. The number of methoxy groups -OCH3 is 1. The highest BCUT2D eigenvalue weighted by molar-refractivity contribution is 7.08. The highest BCUT2D eigenvalue weighted by atomic mass is 32.1. The van der Waals surface area contributed by atoms with Gasteiger partial charge in [0.1, 0.15) is 0 Å². The van der Waals surface area contributed by atoms with Crippen molar-refractivity contribution in [2.24, 2.45) is 0 Å². The topological polar surface area (TPSA) is 26.3 Å². The fourth-order valence-corrected chi connectivity index (χ4v) is 2.23. The van der Waals surface area contributed by atoms with Crippen molar-refractivity contribution in [3.05, 3.63) is 46.7 Å². The summed E-state index contributed by atoms with van der Waals surface area (Å²) in [6.07, 6.45) is 0. The van der Waals surface area contributed by atoms with E-state index < -0.39 is 0 Å². The van der Waals surface area contributed by atoms with E-state index in [0.717, 1.165) is 11.1 Å². The molecule has 3 heteroatoms. The van der Waals surface area contributed by atoms with Crippen LogP contribution in [0, 0.1) is 0 Å². The third kappa shape index (κ3) is 1.92. The fourth-order valence-electron chi connectivity index (χ4n) is 1.41. The average Bonchev–Trinajstić information content (AvgIpc) is 2.78. The molecule has 1 heterocycles. The molecule has 0 aliphatic heterocycles. The fraction of sp³-hybridized carbons (Fsp3) is 0.0833. The Labute approximate surface area is 92.1 Å². The lowest BCUT2D eigenvalue weighted by molar-refractivity contribution is 0.0602. The molecule has 15 heavy (non-hydrogen) atoms. The molecule has 0 bridgehead atoms. The Balaban J connectivity index is 2.46. The highest BCUT2D eigenvalue weighted by Crippen LogP contribution is 2.27. The smallest absolute Gasteiger partial charge is 0.339 e. The summed E-state index contributed by atoms with van der Waals surface area (Å²) in [4.78, 5) is 11.5. The lowest BCUT2D eigenvalue weighted by atomic mass is 10.1. The molecular weight excluding hydrogens is 208 g/mol. The van der Waals surface area contributed by atoms with E-state index in [1.54, 1.807) is 0 Å². The monoisotopic (exact) mass is 218 g/mol. The average molecular weight is 218 g/mol. The number of esters is 1. The maximum Gasteiger partial charge on any atom is 0.339 e. The summed E-state index contributed by atoms with van der Waals surface area (Å²) in [5, 5.41) is 3.77. The van der Waals surface area contributed by atoms with Crippen molar-refractivity contribution in [3.8, 4) is 11.1 Å². The zero-order chi connectivity index (χ0) is 10.7. The Kier molecular flexibility index (Phi) is 2.83. The summed E-state index contributed by atoms with van der Waals surface area (Å²) in [6, 6.07) is 9.82. The number of benzene rings is 1. The van der Waals surface area contributed by atoms with Gasteiger partial charge in [0.25, 0.3) is 0 Å². The maximum absolute atomic E-state index is 11.5. The van der Waals surface area contributed by atoms with Crippen LogP contribution in [0.1, 0.15) is 10.4 Å². The van der Waals surface area contributed by atoms with Crippen LogP contribution in [0.5, 0.6) is 0 Å². The van der Waals surface area contributed by atoms with Gasteiger partial charge in [-0.25, -0.2) is 4.79 Å². The number of carbonyl (C=O) groups excluding carboxylic acids is 1. The lowest BCUT2D eigenvalue weighted by Gasteiger charge is -2.01. The van der Waals surface area contributed by atoms with Crippen molar-refractivity contribution < 1.29 is 9.53 Å². The SMILES string of the molecule is COC(=O)c1cscc1-c1ccccc1. The molecule has 2 nitrogen and oxygen atoms in total. The largest absolute Gasteiger partial charge is 0.465 e. The van der Waals surface area contributed by atoms with Crippen LogP contribution in [-0.2, 0) is 4.74 Å². The van der Waals surface area contributed by atoms with Gasteiger partial charge in [0.15, 0.2) is 0 Å². The minimum Gasteiger partial charge on any atom is -0.465 e. The van der Waals surface area contributed by atoms with Crippen LogP contribution >= 0.6 is 11.3 Å². The van der Waals surface area contributed by atoms with Gasteiger partial charge in [-0.2, -0.15) is 11.3 Å². The highest BCUT2D eigenvalue weighted by Gasteiger charge is 2.13. The van der Waals surface area contributed by atoms with Crippen molar-refractivity contribution in [1.29, 1.82) is 0 Å². The van der Waals surface area contributed by atoms with Gasteiger partial charge in [0.05, 0.1) is 12.7 Å². The second-order valence-corrected chi connectivity index (χ2v) is 3.80. The van der Waals surface area contributed by atoms with Crippen molar-refractivity contribution in [3.63, 3.8) is 0 Å². The minimum absolute atomic E-state index is 0.282. The first-order valence-electron chi connectivity index (χ1n) is 4.53. The van der Waals surface area contributed by atoms with Gasteiger partial charge in [-0.3, -0.25) is 0 Å². The molecule has 0 fully saturated rings. The Bertz CT molecular complexity index is 459. The Morgan fingerprint density at radius 2 is 1.93 bits per heavy atom. The molecule has 0 atom stereocenters. The summed E-state index contributed by atoms with van der Waals surface area (Å²) in [5.74, 6) is -0.282. The molecule has 2 rings (SSSR count). The zero-order valence-corrected chi connectivity index (χ0v) is 9.08. The second kappa shape index (κ2) is 4.28. The Morgan fingerprint density at radius 1 is 1.20 bits per heavy atom. The first-order valence-corrected chi connectivity index (χ1v) is 5.47. The number of carbonyl (C=O) groups is 1. The number of hydrogen-bond acceptors (Lipinski definition) is 3. The number of thiophene rings is 1. The van der Waals surface area contributed by atoms with Gasteiger partial charge in [-0.05, 0) is 10.9 Å². The summed E-state index contributed by atoms with van der Waals surface area (Å²) >= 11 is 1.50. The van der Waals surface area contributed by atoms with E-state index in [4.69, 9.17) is 4.74 Å². The van der Waals surface area contributed by atoms with E-state index in [9.17, 15) is 4.79 Å². The standard InChI is InChI=1S/C12H10O2S/c1-14-12(13)11-8-15-7-10(11)9-5-3-2-4-6-9/h2-8H,1H3. The molecule has 0 aliphatic carbocycles. The van der Waals surface area contributed by atoms with Gasteiger partial charge < -0.3 is 4.74 Å². The lowest BCUT2D eigenvalue weighted by Crippen LogP contribution is -2.00. The van der Waals surface area contributed by atoms with Crippen LogP contribution in [0.3, 0.4) is 0 Å². The van der Waals surface area contributed by atoms with Crippen LogP contribution in [0.15, 0.2) is 41.1 Å². The maximum atomic E-state index is 11.5. The van der Waals surface area contributed by atoms with E-state index in [1.165, 1.54) is 18.4 Å². The van der Waals surface area contributed by atoms with Gasteiger partial charge in [-0.1, -0.05) is 30.3 Å². The number of hydrogen-bond donors (Lipinski definition) is 0. The molecule has 0 spiro atoms. The quantitative estimate of drug-likeness (QED) is 0.723. The normalized spacial score (nSPS) is 9.93. The van der Waals surface area contributed by atoms with Crippen molar-refractivity contribution in [2.75, 3.05) is 7.11 Å². The summed E-state index contributed by atoms with van der Waals surface area (Å²) in [7, 11) is 1.40. The molecule has 1 aromatic heterocycles. The van der Waals surface area contributed by atoms with Crippen molar-refractivity contribution in [2.45, 2.75) is 0 Å². The summed E-state index contributed by atoms with van der Waals surface area (Å²) in [5.41, 5.74) is 2.61. The van der Waals surface area contributed by atoms with Crippen molar-refractivity contribution >= 4 is 17.3 Å². The first-order chi connectivity index (χ1) is 7.33. The molecule has 76 valence electrons. The van der Waals surface area contributed by atoms with E-state index >= 15 is 0 Å². The number of rotatable bonds is 2. The third-order valence-corrected chi connectivity index (χ3v) is 2.90. The Morgan fingerprint density at radius 3 is 2.60 bits per heavy atom. The van der Waals surface area contributed by atoms with E-state index in [2.05, 4.69) is 0 Å². The van der Waals surface area contributed by atoms with Crippen molar-refractivity contribution in [1.82, 2.24) is 0 Å². The molecule has 0 unspecified atom stereocenters. The molecule has 0 N–H and O–H groups in total. The molecule has 0 saturated carbocycles. The summed E-state index contributed by atoms with van der Waals surface area (Å²) in [6.45, 7) is 0. The van der Waals surface area contributed by atoms with E-state index in [0.29, 0.717) is 5.56 Å². The van der Waals surface area contributed by atoms with Gasteiger partial charge in [-0.15, -0.1) is 0 Å². The van der Waals surface area contributed by atoms with Crippen LogP contribution < -0.4 is 0 Å². The molecule has 0 aliphatic rings. The van der Waals surface area contributed by atoms with Crippen LogP contribution in [0.4, 0.5) is 0 Å². The Hall–Kier alpha value is -1.61. The molecule has 2 aromatic rings. The predicted octanol–water partition coefficient (Wildman–Crippen LogP) is 3.20. The van der Waals surface area contributed by atoms with Crippen LogP contribution in [0.25, 0.3) is 11.1 Å². The molecule has 0 saturated heterocycles. The molecular formula is C12H10O2S. The van der Waals surface area contributed by atoms with E-state index in [-0.39, 0.29) is 5.97 Å². The molecule has 1 aromatic carbocycles. The minimum atomic E-state index is -0.282. The second-order valence-electron chi connectivity index (χ2n) is 3.06. The molecule has 0 amide bonds. The van der Waals surface area contributed by atoms with Gasteiger partial charge in [0.2, 0.25) is 0 Å². The number of ether oxygens (including phenoxy) is 1. The van der Waals surface area contributed by atoms with Gasteiger partial charge in [0, 0.05) is 10.9 Å². The third-order valence-electron chi connectivity index (χ3n) is 2.15.